The van der Waals surface area contributed by atoms with Gasteiger partial charge in [0, 0.05) is 36.7 Å². The zero-order valence-electron chi connectivity index (χ0n) is 11.0. The molecule has 0 spiro atoms. The third-order valence-corrected chi connectivity index (χ3v) is 2.36. The van der Waals surface area contributed by atoms with Crippen molar-refractivity contribution in [1.29, 1.82) is 0 Å². The van der Waals surface area contributed by atoms with Crippen molar-refractivity contribution in [2.45, 2.75) is 33.7 Å². The van der Waals surface area contributed by atoms with E-state index in [1.54, 1.807) is 12.4 Å². The molecule has 1 heterocycles. The first-order valence-electron chi connectivity index (χ1n) is 5.92. The van der Waals surface area contributed by atoms with Gasteiger partial charge in [-0.05, 0) is 0 Å². The average Bonchev–Trinajstić information content (AvgIpc) is 2.77. The molecule has 0 aliphatic carbocycles. The van der Waals surface area contributed by atoms with Crippen LogP contribution in [0.1, 0.15) is 32.8 Å². The Balaban J connectivity index is 2.16. The van der Waals surface area contributed by atoms with Gasteiger partial charge in [-0.3, -0.25) is 14.7 Å². The Morgan fingerprint density at radius 3 is 2.61 bits per heavy atom. The molecule has 0 saturated carbocycles. The van der Waals surface area contributed by atoms with Crippen LogP contribution in [0.5, 0.6) is 0 Å². The lowest BCUT2D eigenvalue weighted by Crippen LogP contribution is -2.37. The second-order valence-electron chi connectivity index (χ2n) is 5.14. The van der Waals surface area contributed by atoms with Gasteiger partial charge < -0.3 is 10.6 Å². The number of nitrogens with zero attached hydrogens (tertiary/aromatic N) is 1. The molecule has 18 heavy (non-hydrogen) atoms. The van der Waals surface area contributed by atoms with Crippen molar-refractivity contribution in [3.05, 3.63) is 18.0 Å². The lowest BCUT2D eigenvalue weighted by Gasteiger charge is -2.17. The van der Waals surface area contributed by atoms with Gasteiger partial charge in [-0.25, -0.2) is 0 Å². The van der Waals surface area contributed by atoms with E-state index in [4.69, 9.17) is 0 Å². The van der Waals surface area contributed by atoms with Crippen LogP contribution in [0.2, 0.25) is 0 Å². The first kappa shape index (κ1) is 14.2. The summed E-state index contributed by atoms with van der Waals surface area (Å²) in [5, 5.41) is 11.9. The van der Waals surface area contributed by atoms with Gasteiger partial charge in [-0.2, -0.15) is 5.10 Å². The number of nitrogens with one attached hydrogen (secondary N) is 3. The zero-order valence-corrected chi connectivity index (χ0v) is 11.0. The summed E-state index contributed by atoms with van der Waals surface area (Å²) in [6, 6.07) is 0. The maximum atomic E-state index is 11.5. The van der Waals surface area contributed by atoms with Crippen LogP contribution in [0, 0.1) is 5.41 Å². The molecular weight excluding hydrogens is 232 g/mol. The Labute approximate surface area is 107 Å². The Hall–Kier alpha value is -1.85. The van der Waals surface area contributed by atoms with Crippen LogP contribution in [0.3, 0.4) is 0 Å². The Morgan fingerprint density at radius 2 is 2.06 bits per heavy atom. The summed E-state index contributed by atoms with van der Waals surface area (Å²) in [5.41, 5.74) is 0.495. The standard InChI is InChI=1S/C12H20N4O2/c1-12(2,3)11(18)13-5-4-10(17)14-6-9-7-15-16-8-9/h7-8H,4-6H2,1-3H3,(H,13,18)(H,14,17)(H,15,16). The highest BCUT2D eigenvalue weighted by Crippen LogP contribution is 2.11. The molecule has 0 radical (unpaired) electrons. The zero-order chi connectivity index (χ0) is 13.6. The van der Waals surface area contributed by atoms with E-state index in [2.05, 4.69) is 20.8 Å². The van der Waals surface area contributed by atoms with Gasteiger partial charge in [0.15, 0.2) is 0 Å². The Bertz CT molecular complexity index is 393. The van der Waals surface area contributed by atoms with E-state index >= 15 is 0 Å². The molecule has 6 heteroatoms. The van der Waals surface area contributed by atoms with Crippen molar-refractivity contribution < 1.29 is 9.59 Å². The van der Waals surface area contributed by atoms with E-state index in [-0.39, 0.29) is 18.2 Å². The first-order chi connectivity index (χ1) is 8.39. The highest BCUT2D eigenvalue weighted by atomic mass is 16.2. The van der Waals surface area contributed by atoms with Gasteiger partial charge in [0.05, 0.1) is 6.20 Å². The third kappa shape index (κ3) is 4.99. The molecule has 1 aromatic heterocycles. The van der Waals surface area contributed by atoms with Crippen molar-refractivity contribution in [3.8, 4) is 0 Å². The van der Waals surface area contributed by atoms with Crippen molar-refractivity contribution >= 4 is 11.8 Å². The van der Waals surface area contributed by atoms with Crippen LogP contribution >= 0.6 is 0 Å². The van der Waals surface area contributed by atoms with Crippen LogP contribution in [0.4, 0.5) is 0 Å². The summed E-state index contributed by atoms with van der Waals surface area (Å²) in [4.78, 5) is 23.0. The number of amides is 2. The third-order valence-electron chi connectivity index (χ3n) is 2.36. The van der Waals surface area contributed by atoms with Crippen LogP contribution < -0.4 is 10.6 Å². The molecule has 100 valence electrons. The predicted molar refractivity (Wildman–Crippen MR) is 67.5 cm³/mol. The maximum Gasteiger partial charge on any atom is 0.225 e. The molecule has 6 nitrogen and oxygen atoms in total. The molecule has 0 aliphatic rings. The maximum absolute atomic E-state index is 11.5. The molecule has 0 saturated heterocycles. The first-order valence-corrected chi connectivity index (χ1v) is 5.92. The Morgan fingerprint density at radius 1 is 1.33 bits per heavy atom. The minimum absolute atomic E-state index is 0.0508. The number of aromatic amines is 1. The van der Waals surface area contributed by atoms with E-state index in [1.165, 1.54) is 0 Å². The van der Waals surface area contributed by atoms with Gasteiger partial charge in [0.2, 0.25) is 11.8 Å². The molecular formula is C12H20N4O2. The second kappa shape index (κ2) is 6.18. The van der Waals surface area contributed by atoms with Crippen molar-refractivity contribution in [2.24, 2.45) is 5.41 Å². The molecule has 1 aromatic rings. The SMILES string of the molecule is CC(C)(C)C(=O)NCCC(=O)NCc1cn[nH]c1. The fourth-order valence-corrected chi connectivity index (χ4v) is 1.22. The smallest absolute Gasteiger partial charge is 0.225 e. The van der Waals surface area contributed by atoms with Crippen LogP contribution in [0.25, 0.3) is 0 Å². The summed E-state index contributed by atoms with van der Waals surface area (Å²) in [6.45, 7) is 6.31. The molecule has 0 aliphatic heterocycles. The van der Waals surface area contributed by atoms with Gasteiger partial charge >= 0.3 is 0 Å². The van der Waals surface area contributed by atoms with E-state index in [9.17, 15) is 9.59 Å². The van der Waals surface area contributed by atoms with Gasteiger partial charge in [-0.1, -0.05) is 20.8 Å². The molecule has 2 amide bonds. The summed E-state index contributed by atoms with van der Waals surface area (Å²) in [5.74, 6) is -0.143. The fraction of sp³-hybridized carbons (Fsp3) is 0.583. The molecule has 0 atom stereocenters. The van der Waals surface area contributed by atoms with E-state index in [1.807, 2.05) is 20.8 Å². The van der Waals surface area contributed by atoms with Crippen molar-refractivity contribution in [1.82, 2.24) is 20.8 Å². The van der Waals surface area contributed by atoms with Gasteiger partial charge in [-0.15, -0.1) is 0 Å². The van der Waals surface area contributed by atoms with E-state index in [0.29, 0.717) is 13.1 Å². The quantitative estimate of drug-likeness (QED) is 0.716. The highest BCUT2D eigenvalue weighted by molar-refractivity contribution is 5.82. The number of carbonyl (C=O) groups excluding carboxylic acids is 2. The summed E-state index contributed by atoms with van der Waals surface area (Å²) < 4.78 is 0. The van der Waals surface area contributed by atoms with Gasteiger partial charge in [0.1, 0.15) is 0 Å². The van der Waals surface area contributed by atoms with Crippen molar-refractivity contribution in [3.63, 3.8) is 0 Å². The molecule has 3 N–H and O–H groups in total. The number of hydrogen-bond acceptors (Lipinski definition) is 3. The van der Waals surface area contributed by atoms with E-state index in [0.717, 1.165) is 5.56 Å². The normalized spacial score (nSPS) is 11.1. The number of rotatable bonds is 5. The summed E-state index contributed by atoms with van der Waals surface area (Å²) >= 11 is 0. The van der Waals surface area contributed by atoms with Crippen LogP contribution in [0.15, 0.2) is 12.4 Å². The molecule has 1 rings (SSSR count). The number of aromatic nitrogens is 2. The summed E-state index contributed by atoms with van der Waals surface area (Å²) in [7, 11) is 0. The molecule has 0 aromatic carbocycles. The number of H-pyrrole nitrogens is 1. The van der Waals surface area contributed by atoms with Gasteiger partial charge in [0.25, 0.3) is 0 Å². The second-order valence-corrected chi connectivity index (χ2v) is 5.14. The Kier molecular flexibility index (Phi) is 4.88. The lowest BCUT2D eigenvalue weighted by atomic mass is 9.96. The summed E-state index contributed by atoms with van der Waals surface area (Å²) in [6.07, 6.45) is 3.66. The van der Waals surface area contributed by atoms with Crippen molar-refractivity contribution in [2.75, 3.05) is 6.54 Å². The van der Waals surface area contributed by atoms with Crippen LogP contribution in [-0.2, 0) is 16.1 Å². The topological polar surface area (TPSA) is 86.9 Å². The monoisotopic (exact) mass is 252 g/mol. The number of carbonyl (C=O) groups is 2. The van der Waals surface area contributed by atoms with E-state index < -0.39 is 5.41 Å². The largest absolute Gasteiger partial charge is 0.355 e. The molecule has 0 bridgehead atoms. The molecule has 0 fully saturated rings. The minimum Gasteiger partial charge on any atom is -0.355 e. The highest BCUT2D eigenvalue weighted by Gasteiger charge is 2.20. The van der Waals surface area contributed by atoms with Crippen LogP contribution in [-0.4, -0.2) is 28.6 Å². The minimum atomic E-state index is -0.423. The fourth-order valence-electron chi connectivity index (χ4n) is 1.22. The molecule has 0 unspecified atom stereocenters. The lowest BCUT2D eigenvalue weighted by molar-refractivity contribution is -0.128. The predicted octanol–water partition coefficient (Wildman–Crippen LogP) is 0.578. The average molecular weight is 252 g/mol. The number of hydrogen-bond donors (Lipinski definition) is 3.